The molecule has 0 bridgehead atoms. The summed E-state index contributed by atoms with van der Waals surface area (Å²) in [7, 11) is 0. The van der Waals surface area contributed by atoms with E-state index in [1.807, 2.05) is 0 Å². The third kappa shape index (κ3) is 3.05. The molecule has 1 aromatic carbocycles. The van der Waals surface area contributed by atoms with Gasteiger partial charge in [-0.05, 0) is 25.1 Å². The minimum atomic E-state index is -0.600. The number of ether oxygens (including phenoxy) is 1. The average molecular weight is 326 g/mol. The molecule has 2 N–H and O–H groups in total. The number of rotatable bonds is 3. The standard InChI is InChI=1S/C17H14N2O5/c1-2-23-17(22)18-11-6-4-3-5-10(11)14-9-12(20)16-13(24-14)7-8-15(21)19-16/h3-9H,2H2,1H3,(H,18,22)(H,19,21). The van der Waals surface area contributed by atoms with E-state index in [0.717, 1.165) is 0 Å². The minimum Gasteiger partial charge on any atom is -0.454 e. The van der Waals surface area contributed by atoms with Crippen LogP contribution in [0.15, 0.2) is 56.5 Å². The van der Waals surface area contributed by atoms with Crippen molar-refractivity contribution in [2.75, 3.05) is 11.9 Å². The van der Waals surface area contributed by atoms with Gasteiger partial charge in [-0.25, -0.2) is 4.79 Å². The van der Waals surface area contributed by atoms with Crippen LogP contribution in [0.3, 0.4) is 0 Å². The van der Waals surface area contributed by atoms with Crippen LogP contribution < -0.4 is 16.3 Å². The summed E-state index contributed by atoms with van der Waals surface area (Å²) in [5.41, 5.74) is 0.561. The molecule has 3 rings (SSSR count). The Balaban J connectivity index is 2.11. The monoisotopic (exact) mass is 326 g/mol. The number of benzene rings is 1. The van der Waals surface area contributed by atoms with Gasteiger partial charge >= 0.3 is 6.09 Å². The highest BCUT2D eigenvalue weighted by Gasteiger charge is 2.13. The van der Waals surface area contributed by atoms with E-state index in [2.05, 4.69) is 10.3 Å². The summed E-state index contributed by atoms with van der Waals surface area (Å²) in [6.07, 6.45) is -0.600. The maximum Gasteiger partial charge on any atom is 0.411 e. The second-order valence-corrected chi connectivity index (χ2v) is 4.93. The first kappa shape index (κ1) is 15.5. The molecule has 0 saturated heterocycles. The molecule has 7 nitrogen and oxygen atoms in total. The van der Waals surface area contributed by atoms with Crippen LogP contribution in [0, 0.1) is 0 Å². The fourth-order valence-electron chi connectivity index (χ4n) is 2.29. The highest BCUT2D eigenvalue weighted by Crippen LogP contribution is 2.28. The predicted octanol–water partition coefficient (Wildman–Crippen LogP) is 2.72. The van der Waals surface area contributed by atoms with Crippen molar-refractivity contribution in [2.45, 2.75) is 6.92 Å². The Labute approximate surface area is 135 Å². The van der Waals surface area contributed by atoms with E-state index in [1.165, 1.54) is 18.2 Å². The Morgan fingerprint density at radius 1 is 1.21 bits per heavy atom. The van der Waals surface area contributed by atoms with E-state index >= 15 is 0 Å². The maximum atomic E-state index is 12.2. The first-order valence-electron chi connectivity index (χ1n) is 7.29. The third-order valence-electron chi connectivity index (χ3n) is 3.31. The van der Waals surface area contributed by atoms with Crippen molar-refractivity contribution in [3.63, 3.8) is 0 Å². The summed E-state index contributed by atoms with van der Waals surface area (Å²) in [6.45, 7) is 1.95. The highest BCUT2D eigenvalue weighted by atomic mass is 16.5. The van der Waals surface area contributed by atoms with Gasteiger partial charge in [-0.1, -0.05) is 12.1 Å². The van der Waals surface area contributed by atoms with E-state index in [4.69, 9.17) is 9.15 Å². The molecule has 0 saturated carbocycles. The summed E-state index contributed by atoms with van der Waals surface area (Å²) in [4.78, 5) is 37.6. The van der Waals surface area contributed by atoms with Crippen LogP contribution >= 0.6 is 0 Å². The molecular weight excluding hydrogens is 312 g/mol. The van der Waals surface area contributed by atoms with E-state index in [9.17, 15) is 14.4 Å². The van der Waals surface area contributed by atoms with Crippen molar-refractivity contribution in [3.8, 4) is 11.3 Å². The number of aromatic amines is 1. The van der Waals surface area contributed by atoms with Gasteiger partial charge in [0, 0.05) is 17.7 Å². The number of carbonyl (C=O) groups is 1. The first-order chi connectivity index (χ1) is 11.6. The van der Waals surface area contributed by atoms with Crippen LogP contribution in [0.5, 0.6) is 0 Å². The average Bonchev–Trinajstić information content (AvgIpc) is 2.56. The van der Waals surface area contributed by atoms with Crippen molar-refractivity contribution in [1.29, 1.82) is 0 Å². The molecular formula is C17H14N2O5. The molecule has 0 unspecified atom stereocenters. The SMILES string of the molecule is CCOC(=O)Nc1ccccc1-c1cc(=O)c2[nH]c(=O)ccc2o1. The molecule has 0 atom stereocenters. The number of carbonyl (C=O) groups excluding carboxylic acids is 1. The van der Waals surface area contributed by atoms with Gasteiger partial charge in [-0.2, -0.15) is 0 Å². The quantitative estimate of drug-likeness (QED) is 0.770. The normalized spacial score (nSPS) is 10.5. The number of nitrogens with one attached hydrogen (secondary N) is 2. The lowest BCUT2D eigenvalue weighted by molar-refractivity contribution is 0.168. The molecule has 1 amide bonds. The molecule has 0 fully saturated rings. The van der Waals surface area contributed by atoms with Gasteiger partial charge in [0.2, 0.25) is 11.0 Å². The van der Waals surface area contributed by atoms with Crippen LogP contribution in [0.4, 0.5) is 10.5 Å². The van der Waals surface area contributed by atoms with Gasteiger partial charge in [-0.15, -0.1) is 0 Å². The van der Waals surface area contributed by atoms with Crippen LogP contribution in [0.25, 0.3) is 22.4 Å². The Kier molecular flexibility index (Phi) is 4.15. The number of anilines is 1. The minimum absolute atomic E-state index is 0.0992. The van der Waals surface area contributed by atoms with E-state index in [0.29, 0.717) is 11.3 Å². The molecule has 0 aliphatic carbocycles. The topological polar surface area (TPSA) is 101 Å². The molecule has 0 radical (unpaired) electrons. The Morgan fingerprint density at radius 3 is 2.79 bits per heavy atom. The molecule has 2 heterocycles. The number of aromatic nitrogens is 1. The summed E-state index contributed by atoms with van der Waals surface area (Å²) < 4.78 is 10.6. The fourth-order valence-corrected chi connectivity index (χ4v) is 2.29. The molecule has 0 aliphatic rings. The largest absolute Gasteiger partial charge is 0.454 e. The molecule has 7 heteroatoms. The summed E-state index contributed by atoms with van der Waals surface area (Å²) >= 11 is 0. The van der Waals surface area contributed by atoms with Gasteiger partial charge < -0.3 is 14.1 Å². The summed E-state index contributed by atoms with van der Waals surface area (Å²) in [6, 6.07) is 10.8. The van der Waals surface area contributed by atoms with E-state index in [-0.39, 0.29) is 34.5 Å². The first-order valence-corrected chi connectivity index (χ1v) is 7.29. The number of pyridine rings is 1. The van der Waals surface area contributed by atoms with Crippen LogP contribution in [0.2, 0.25) is 0 Å². The van der Waals surface area contributed by atoms with Crippen LogP contribution in [-0.2, 0) is 4.74 Å². The lowest BCUT2D eigenvalue weighted by Gasteiger charge is -2.10. The zero-order valence-corrected chi connectivity index (χ0v) is 12.8. The van der Waals surface area contributed by atoms with Crippen LogP contribution in [0.1, 0.15) is 6.92 Å². The second kappa shape index (κ2) is 6.41. The molecule has 3 aromatic rings. The lowest BCUT2D eigenvalue weighted by Crippen LogP contribution is -2.14. The molecule has 122 valence electrons. The second-order valence-electron chi connectivity index (χ2n) is 4.93. The maximum absolute atomic E-state index is 12.2. The molecule has 24 heavy (non-hydrogen) atoms. The molecule has 0 spiro atoms. The van der Waals surface area contributed by atoms with E-state index in [1.54, 1.807) is 31.2 Å². The fraction of sp³-hybridized carbons (Fsp3) is 0.118. The van der Waals surface area contributed by atoms with Crippen molar-refractivity contribution in [3.05, 3.63) is 63.0 Å². The van der Waals surface area contributed by atoms with Crippen LogP contribution in [-0.4, -0.2) is 17.7 Å². The Morgan fingerprint density at radius 2 is 2.00 bits per heavy atom. The van der Waals surface area contributed by atoms with Gasteiger partial charge in [-0.3, -0.25) is 14.9 Å². The van der Waals surface area contributed by atoms with Crippen molar-refractivity contribution in [2.24, 2.45) is 0 Å². The predicted molar refractivity (Wildman–Crippen MR) is 89.2 cm³/mol. The summed E-state index contributed by atoms with van der Waals surface area (Å²) in [5.74, 6) is 0.270. The van der Waals surface area contributed by atoms with Crippen molar-refractivity contribution in [1.82, 2.24) is 4.98 Å². The van der Waals surface area contributed by atoms with Gasteiger partial charge in [0.05, 0.1) is 12.3 Å². The smallest absolute Gasteiger partial charge is 0.411 e. The van der Waals surface area contributed by atoms with Crippen molar-refractivity contribution >= 4 is 22.9 Å². The summed E-state index contributed by atoms with van der Waals surface area (Å²) in [5, 5.41) is 2.61. The number of amides is 1. The third-order valence-corrected chi connectivity index (χ3v) is 3.31. The highest BCUT2D eigenvalue weighted by molar-refractivity contribution is 5.91. The van der Waals surface area contributed by atoms with Gasteiger partial charge in [0.25, 0.3) is 0 Å². The Hall–Kier alpha value is -3.35. The zero-order chi connectivity index (χ0) is 17.1. The Bertz CT molecular complexity index is 1020. The van der Waals surface area contributed by atoms with Crippen molar-refractivity contribution < 1.29 is 13.9 Å². The molecule has 0 aliphatic heterocycles. The number of hydrogen-bond donors (Lipinski definition) is 2. The number of fused-ring (bicyclic) bond motifs is 1. The number of para-hydroxylation sites is 1. The molecule has 2 aromatic heterocycles. The van der Waals surface area contributed by atoms with Gasteiger partial charge in [0.15, 0.2) is 5.58 Å². The number of hydrogen-bond acceptors (Lipinski definition) is 5. The lowest BCUT2D eigenvalue weighted by atomic mass is 10.1. The number of H-pyrrole nitrogens is 1. The zero-order valence-electron chi connectivity index (χ0n) is 12.8. The van der Waals surface area contributed by atoms with E-state index < -0.39 is 6.09 Å². The van der Waals surface area contributed by atoms with Gasteiger partial charge in [0.1, 0.15) is 11.3 Å².